The maximum Gasteiger partial charge on any atom is 0.358 e. The van der Waals surface area contributed by atoms with E-state index in [0.717, 1.165) is 22.3 Å². The average Bonchev–Trinajstić information content (AvgIpc) is 2.89. The Bertz CT molecular complexity index is 803. The molecule has 2 aromatic heterocycles. The topological polar surface area (TPSA) is 57.0 Å². The maximum atomic E-state index is 11.8. The first-order chi connectivity index (χ1) is 10.2. The zero-order chi connectivity index (χ0) is 14.8. The van der Waals surface area contributed by atoms with Gasteiger partial charge in [-0.1, -0.05) is 6.07 Å². The van der Waals surface area contributed by atoms with Crippen LogP contribution in [0.2, 0.25) is 0 Å². The number of ether oxygens (including phenoxy) is 1. The first-order valence-corrected chi connectivity index (χ1v) is 6.78. The molecule has 0 saturated carbocycles. The second-order valence-electron chi connectivity index (χ2n) is 4.65. The number of esters is 1. The lowest BCUT2D eigenvalue weighted by Gasteiger charge is -2.07. The highest BCUT2D eigenvalue weighted by Crippen LogP contribution is 2.22. The summed E-state index contributed by atoms with van der Waals surface area (Å²) in [6.45, 7) is 4.02. The molecule has 0 spiro atoms. The van der Waals surface area contributed by atoms with Gasteiger partial charge in [-0.2, -0.15) is 5.10 Å². The zero-order valence-corrected chi connectivity index (χ0v) is 11.9. The van der Waals surface area contributed by atoms with Crippen LogP contribution in [0.4, 0.5) is 0 Å². The van der Waals surface area contributed by atoms with Gasteiger partial charge in [-0.15, -0.1) is 0 Å². The summed E-state index contributed by atoms with van der Waals surface area (Å²) in [7, 11) is 0. The number of nitrogens with zero attached hydrogens (tertiary/aromatic N) is 3. The van der Waals surface area contributed by atoms with E-state index in [1.807, 2.05) is 37.3 Å². The molecule has 106 valence electrons. The number of fused-ring (bicyclic) bond motifs is 1. The van der Waals surface area contributed by atoms with E-state index >= 15 is 0 Å². The highest BCUT2D eigenvalue weighted by atomic mass is 16.5. The van der Waals surface area contributed by atoms with Crippen LogP contribution in [0.1, 0.15) is 23.1 Å². The molecule has 2 heterocycles. The van der Waals surface area contributed by atoms with Crippen molar-refractivity contribution < 1.29 is 9.53 Å². The molecule has 21 heavy (non-hydrogen) atoms. The summed E-state index contributed by atoms with van der Waals surface area (Å²) in [4.78, 5) is 16.1. The van der Waals surface area contributed by atoms with Crippen molar-refractivity contribution in [1.29, 1.82) is 0 Å². The summed E-state index contributed by atoms with van der Waals surface area (Å²) in [5.74, 6) is -0.405. The van der Waals surface area contributed by atoms with E-state index in [1.165, 1.54) is 0 Å². The van der Waals surface area contributed by atoms with E-state index in [4.69, 9.17) is 4.74 Å². The van der Waals surface area contributed by atoms with E-state index in [1.54, 1.807) is 23.9 Å². The number of carbonyl (C=O) groups excluding carboxylic acids is 1. The Kier molecular flexibility index (Phi) is 3.39. The van der Waals surface area contributed by atoms with E-state index in [-0.39, 0.29) is 0 Å². The first kappa shape index (κ1) is 13.3. The van der Waals surface area contributed by atoms with Crippen molar-refractivity contribution in [3.63, 3.8) is 0 Å². The minimum Gasteiger partial charge on any atom is -0.461 e. The molecule has 5 nitrogen and oxygen atoms in total. The van der Waals surface area contributed by atoms with Crippen LogP contribution in [-0.4, -0.2) is 27.3 Å². The molecule has 0 aliphatic carbocycles. The van der Waals surface area contributed by atoms with Crippen LogP contribution in [0.25, 0.3) is 16.6 Å². The standard InChI is InChI=1S/C16H15N3O2/c1-3-21-16(20)14-10-11(2)19(18-14)15-8-4-7-13-12(15)6-5-9-17-13/h4-10H,3H2,1-2H3. The van der Waals surface area contributed by atoms with Crippen molar-refractivity contribution in [2.24, 2.45) is 0 Å². The Morgan fingerprint density at radius 2 is 2.14 bits per heavy atom. The molecule has 3 aromatic rings. The molecule has 3 rings (SSSR count). The van der Waals surface area contributed by atoms with Gasteiger partial charge in [0.1, 0.15) is 0 Å². The number of hydrogen-bond acceptors (Lipinski definition) is 4. The second kappa shape index (κ2) is 5.36. The summed E-state index contributed by atoms with van der Waals surface area (Å²) in [6, 6.07) is 11.4. The number of pyridine rings is 1. The van der Waals surface area contributed by atoms with Crippen LogP contribution in [0, 0.1) is 6.92 Å². The summed E-state index contributed by atoms with van der Waals surface area (Å²) < 4.78 is 6.74. The molecule has 0 unspecified atom stereocenters. The average molecular weight is 281 g/mol. The molecule has 0 saturated heterocycles. The van der Waals surface area contributed by atoms with Crippen LogP contribution in [-0.2, 0) is 4.74 Å². The van der Waals surface area contributed by atoms with E-state index < -0.39 is 5.97 Å². The number of aryl methyl sites for hydroxylation is 1. The zero-order valence-electron chi connectivity index (χ0n) is 11.9. The molecule has 1 aromatic carbocycles. The lowest BCUT2D eigenvalue weighted by Crippen LogP contribution is -2.07. The number of hydrogen-bond donors (Lipinski definition) is 0. The molecule has 0 N–H and O–H groups in total. The SMILES string of the molecule is CCOC(=O)c1cc(C)n(-c2cccc3ncccc23)n1. The third kappa shape index (κ3) is 2.38. The Morgan fingerprint density at radius 3 is 2.95 bits per heavy atom. The summed E-state index contributed by atoms with van der Waals surface area (Å²) in [5, 5.41) is 5.35. The second-order valence-corrected chi connectivity index (χ2v) is 4.65. The third-order valence-corrected chi connectivity index (χ3v) is 3.22. The van der Waals surface area contributed by atoms with E-state index in [0.29, 0.717) is 12.3 Å². The van der Waals surface area contributed by atoms with Gasteiger partial charge in [0.2, 0.25) is 0 Å². The largest absolute Gasteiger partial charge is 0.461 e. The Labute approximate surface area is 122 Å². The van der Waals surface area contributed by atoms with Gasteiger partial charge in [0.25, 0.3) is 0 Å². The molecule has 5 heteroatoms. The number of benzene rings is 1. The lowest BCUT2D eigenvalue weighted by molar-refractivity contribution is 0.0519. The van der Waals surface area contributed by atoms with Crippen LogP contribution in [0.5, 0.6) is 0 Å². The summed E-state index contributed by atoms with van der Waals surface area (Å²) in [6.07, 6.45) is 1.76. The number of rotatable bonds is 3. The van der Waals surface area contributed by atoms with Gasteiger partial charge in [-0.25, -0.2) is 9.48 Å². The normalized spacial score (nSPS) is 10.8. The molecular weight excluding hydrogens is 266 g/mol. The van der Waals surface area contributed by atoms with Crippen LogP contribution in [0.3, 0.4) is 0 Å². The van der Waals surface area contributed by atoms with Crippen LogP contribution >= 0.6 is 0 Å². The fraction of sp³-hybridized carbons (Fsp3) is 0.188. The molecule has 0 aliphatic rings. The van der Waals surface area contributed by atoms with Gasteiger partial charge in [0.05, 0.1) is 17.8 Å². The van der Waals surface area contributed by atoms with E-state index in [2.05, 4.69) is 10.1 Å². The van der Waals surface area contributed by atoms with Gasteiger partial charge in [0.15, 0.2) is 5.69 Å². The highest BCUT2D eigenvalue weighted by molar-refractivity contribution is 5.89. The molecular formula is C16H15N3O2. The Morgan fingerprint density at radius 1 is 1.29 bits per heavy atom. The van der Waals surface area contributed by atoms with Crippen molar-refractivity contribution in [2.45, 2.75) is 13.8 Å². The van der Waals surface area contributed by atoms with Crippen molar-refractivity contribution in [1.82, 2.24) is 14.8 Å². The lowest BCUT2D eigenvalue weighted by atomic mass is 10.2. The first-order valence-electron chi connectivity index (χ1n) is 6.78. The predicted octanol–water partition coefficient (Wildman–Crippen LogP) is 2.91. The monoisotopic (exact) mass is 281 g/mol. The van der Waals surface area contributed by atoms with Crippen LogP contribution in [0.15, 0.2) is 42.6 Å². The number of aromatic nitrogens is 3. The van der Waals surface area contributed by atoms with Gasteiger partial charge in [-0.3, -0.25) is 4.98 Å². The van der Waals surface area contributed by atoms with Gasteiger partial charge in [-0.05, 0) is 44.2 Å². The van der Waals surface area contributed by atoms with Gasteiger partial charge in [0, 0.05) is 17.3 Å². The summed E-state index contributed by atoms with van der Waals surface area (Å²) >= 11 is 0. The molecule has 0 aliphatic heterocycles. The fourth-order valence-corrected chi connectivity index (χ4v) is 2.29. The quantitative estimate of drug-likeness (QED) is 0.693. The number of carbonyl (C=O) groups is 1. The fourth-order valence-electron chi connectivity index (χ4n) is 2.29. The molecule has 0 radical (unpaired) electrons. The minimum absolute atomic E-state index is 0.315. The van der Waals surface area contributed by atoms with Gasteiger partial charge < -0.3 is 4.74 Å². The molecule has 0 amide bonds. The molecule has 0 fully saturated rings. The smallest absolute Gasteiger partial charge is 0.358 e. The van der Waals surface area contributed by atoms with Crippen molar-refractivity contribution >= 4 is 16.9 Å². The van der Waals surface area contributed by atoms with Gasteiger partial charge >= 0.3 is 5.97 Å². The predicted molar refractivity (Wildman–Crippen MR) is 79.6 cm³/mol. The Balaban J connectivity index is 2.13. The molecule has 0 atom stereocenters. The third-order valence-electron chi connectivity index (χ3n) is 3.22. The Hall–Kier alpha value is -2.69. The summed E-state index contributed by atoms with van der Waals surface area (Å²) in [5.41, 5.74) is 2.97. The minimum atomic E-state index is -0.405. The maximum absolute atomic E-state index is 11.8. The van der Waals surface area contributed by atoms with E-state index in [9.17, 15) is 4.79 Å². The highest BCUT2D eigenvalue weighted by Gasteiger charge is 2.15. The molecule has 0 bridgehead atoms. The van der Waals surface area contributed by atoms with Crippen molar-refractivity contribution in [3.05, 3.63) is 54.0 Å². The van der Waals surface area contributed by atoms with Crippen molar-refractivity contribution in [2.75, 3.05) is 6.61 Å². The van der Waals surface area contributed by atoms with Crippen molar-refractivity contribution in [3.8, 4) is 5.69 Å². The van der Waals surface area contributed by atoms with Crippen LogP contribution < -0.4 is 0 Å².